The van der Waals surface area contributed by atoms with Crippen LogP contribution in [0.1, 0.15) is 31.7 Å². The van der Waals surface area contributed by atoms with Crippen LogP contribution in [0, 0.1) is 11.8 Å². The predicted molar refractivity (Wildman–Crippen MR) is 108 cm³/mol. The van der Waals surface area contributed by atoms with Gasteiger partial charge in [0.05, 0.1) is 25.2 Å². The summed E-state index contributed by atoms with van der Waals surface area (Å²) in [4.78, 5) is 29.8. The highest BCUT2D eigenvalue weighted by Crippen LogP contribution is 2.65. The predicted octanol–water partition coefficient (Wildman–Crippen LogP) is 2.05. The third kappa shape index (κ3) is 1.86. The van der Waals surface area contributed by atoms with Crippen LogP contribution < -0.4 is 10.2 Å². The third-order valence-electron chi connectivity index (χ3n) is 8.63. The number of benzene rings is 1. The van der Waals surface area contributed by atoms with E-state index in [4.69, 9.17) is 4.74 Å². The summed E-state index contributed by atoms with van der Waals surface area (Å²) in [7, 11) is 0. The lowest BCUT2D eigenvalue weighted by atomic mass is 9.53. The lowest BCUT2D eigenvalue weighted by molar-refractivity contribution is -0.132. The van der Waals surface area contributed by atoms with Crippen LogP contribution in [0.3, 0.4) is 0 Å². The second-order valence-corrected chi connectivity index (χ2v) is 9.67. The van der Waals surface area contributed by atoms with Crippen LogP contribution in [0.5, 0.6) is 0 Å². The fourth-order valence-corrected chi connectivity index (χ4v) is 7.84. The second-order valence-electron chi connectivity index (χ2n) is 9.67. The molecule has 1 aromatic rings. The molecule has 2 amide bonds. The topological polar surface area (TPSA) is 61.9 Å². The summed E-state index contributed by atoms with van der Waals surface area (Å²) >= 11 is 0. The molecule has 150 valence electrons. The van der Waals surface area contributed by atoms with E-state index >= 15 is 0 Å². The standard InChI is InChI=1S/C23H25N3O3/c1-12(27)24-14-2-3-16-17(8-14)26-20(28)10-18-21-15-9-19-23(16,22(21)26)5-6-25(19)11-13(15)4-7-29-18/h2-4,8,15,18-19,21-22H,5-7,9-11H2,1H3,(H,24,27). The summed E-state index contributed by atoms with van der Waals surface area (Å²) in [6.07, 6.45) is 5.07. The normalized spacial score (nSPS) is 41.0. The maximum atomic E-state index is 13.4. The number of piperidine rings is 2. The first-order chi connectivity index (χ1) is 14.1. The van der Waals surface area contributed by atoms with Gasteiger partial charge in [0.2, 0.25) is 11.8 Å². The molecule has 0 aromatic heterocycles. The number of rotatable bonds is 1. The van der Waals surface area contributed by atoms with Crippen LogP contribution in [0.2, 0.25) is 0 Å². The Balaban J connectivity index is 1.47. The molecule has 1 spiro atoms. The summed E-state index contributed by atoms with van der Waals surface area (Å²) in [5.74, 6) is 0.990. The van der Waals surface area contributed by atoms with Crippen molar-refractivity contribution in [2.75, 3.05) is 29.9 Å². The molecule has 6 atom stereocenters. The second kappa shape index (κ2) is 5.29. The number of ether oxygens (including phenoxy) is 1. The van der Waals surface area contributed by atoms with Crippen molar-refractivity contribution in [2.45, 2.75) is 49.8 Å². The van der Waals surface area contributed by atoms with Crippen LogP contribution in [-0.4, -0.2) is 54.6 Å². The van der Waals surface area contributed by atoms with Gasteiger partial charge in [0.25, 0.3) is 0 Å². The number of carbonyl (C=O) groups excluding carboxylic acids is 2. The zero-order chi connectivity index (χ0) is 19.5. The number of hydrogen-bond donors (Lipinski definition) is 1. The third-order valence-corrected chi connectivity index (χ3v) is 8.63. The van der Waals surface area contributed by atoms with Crippen LogP contribution in [0.15, 0.2) is 29.8 Å². The number of anilines is 2. The molecule has 6 unspecified atom stereocenters. The quantitative estimate of drug-likeness (QED) is 0.745. The Hall–Kier alpha value is -2.18. The molecule has 2 bridgehead atoms. The molecule has 1 aliphatic carbocycles. The summed E-state index contributed by atoms with van der Waals surface area (Å²) in [5, 5.41) is 2.91. The van der Waals surface area contributed by atoms with E-state index in [1.54, 1.807) is 0 Å². The molecule has 5 aliphatic heterocycles. The summed E-state index contributed by atoms with van der Waals surface area (Å²) < 4.78 is 6.27. The first kappa shape index (κ1) is 16.6. The number of amides is 2. The number of carbonyl (C=O) groups is 2. The SMILES string of the molecule is CC(=O)Nc1ccc2c(c1)N1C(=O)CC3OCC=C4CN5CCC26C5CC4C3C16. The largest absolute Gasteiger partial charge is 0.373 e. The summed E-state index contributed by atoms with van der Waals surface area (Å²) in [6.45, 7) is 4.32. The maximum Gasteiger partial charge on any atom is 0.229 e. The summed E-state index contributed by atoms with van der Waals surface area (Å²) in [6, 6.07) is 6.90. The molecular formula is C23H25N3O3. The Morgan fingerprint density at radius 2 is 2.24 bits per heavy atom. The zero-order valence-corrected chi connectivity index (χ0v) is 16.6. The van der Waals surface area contributed by atoms with E-state index in [9.17, 15) is 9.59 Å². The Kier molecular flexibility index (Phi) is 3.03. The average molecular weight is 391 g/mol. The molecule has 4 fully saturated rings. The van der Waals surface area contributed by atoms with Gasteiger partial charge in [-0.25, -0.2) is 0 Å². The van der Waals surface area contributed by atoms with Gasteiger partial charge in [-0.3, -0.25) is 14.5 Å². The molecule has 29 heavy (non-hydrogen) atoms. The van der Waals surface area contributed by atoms with E-state index < -0.39 is 0 Å². The highest BCUT2D eigenvalue weighted by molar-refractivity contribution is 6.00. The van der Waals surface area contributed by atoms with Crippen molar-refractivity contribution in [1.82, 2.24) is 4.90 Å². The number of nitrogens with one attached hydrogen (secondary N) is 1. The van der Waals surface area contributed by atoms with Crippen LogP contribution >= 0.6 is 0 Å². The number of fused-ring (bicyclic) bond motifs is 2. The number of hydrogen-bond acceptors (Lipinski definition) is 4. The fraction of sp³-hybridized carbons (Fsp3) is 0.565. The molecular weight excluding hydrogens is 366 g/mol. The smallest absolute Gasteiger partial charge is 0.229 e. The van der Waals surface area contributed by atoms with Crippen LogP contribution in [0.4, 0.5) is 11.4 Å². The first-order valence-corrected chi connectivity index (χ1v) is 10.9. The van der Waals surface area contributed by atoms with Crippen molar-refractivity contribution in [1.29, 1.82) is 0 Å². The lowest BCUT2D eigenvalue weighted by Crippen LogP contribution is -2.69. The monoisotopic (exact) mass is 391 g/mol. The molecule has 1 saturated carbocycles. The van der Waals surface area contributed by atoms with Gasteiger partial charge in [0, 0.05) is 42.2 Å². The van der Waals surface area contributed by atoms with E-state index in [2.05, 4.69) is 27.3 Å². The average Bonchev–Trinajstić information content (AvgIpc) is 3.15. The van der Waals surface area contributed by atoms with E-state index in [-0.39, 0.29) is 29.4 Å². The van der Waals surface area contributed by atoms with Crippen molar-refractivity contribution >= 4 is 23.2 Å². The zero-order valence-electron chi connectivity index (χ0n) is 16.6. The lowest BCUT2D eigenvalue weighted by Gasteiger charge is -2.58. The van der Waals surface area contributed by atoms with Crippen molar-refractivity contribution in [3.63, 3.8) is 0 Å². The number of nitrogens with zero attached hydrogens (tertiary/aromatic N) is 2. The minimum Gasteiger partial charge on any atom is -0.373 e. The van der Waals surface area contributed by atoms with Crippen molar-refractivity contribution in [3.8, 4) is 0 Å². The van der Waals surface area contributed by atoms with Gasteiger partial charge in [-0.05, 0) is 43.0 Å². The molecule has 1 N–H and O–H groups in total. The highest BCUT2D eigenvalue weighted by Gasteiger charge is 2.70. The Labute approximate surface area is 169 Å². The van der Waals surface area contributed by atoms with Crippen molar-refractivity contribution in [3.05, 3.63) is 35.4 Å². The van der Waals surface area contributed by atoms with E-state index in [0.717, 1.165) is 30.9 Å². The van der Waals surface area contributed by atoms with E-state index in [0.29, 0.717) is 30.9 Å². The van der Waals surface area contributed by atoms with Crippen molar-refractivity contribution in [2.24, 2.45) is 11.8 Å². The molecule has 6 aliphatic rings. The molecule has 1 aromatic carbocycles. The van der Waals surface area contributed by atoms with Gasteiger partial charge < -0.3 is 15.0 Å². The van der Waals surface area contributed by atoms with E-state index in [1.165, 1.54) is 24.5 Å². The minimum absolute atomic E-state index is 0.00118. The van der Waals surface area contributed by atoms with Gasteiger partial charge >= 0.3 is 0 Å². The Morgan fingerprint density at radius 1 is 1.34 bits per heavy atom. The van der Waals surface area contributed by atoms with Gasteiger partial charge in [-0.2, -0.15) is 0 Å². The summed E-state index contributed by atoms with van der Waals surface area (Å²) in [5.41, 5.74) is 4.64. The van der Waals surface area contributed by atoms with E-state index in [1.807, 2.05) is 12.1 Å². The van der Waals surface area contributed by atoms with Crippen LogP contribution in [0.25, 0.3) is 0 Å². The maximum absolute atomic E-state index is 13.4. The fourth-order valence-electron chi connectivity index (χ4n) is 7.84. The highest BCUT2D eigenvalue weighted by atomic mass is 16.5. The van der Waals surface area contributed by atoms with Crippen LogP contribution in [-0.2, 0) is 19.7 Å². The molecule has 6 heteroatoms. The molecule has 5 heterocycles. The van der Waals surface area contributed by atoms with Gasteiger partial charge in [-0.1, -0.05) is 17.7 Å². The Bertz CT molecular complexity index is 1000. The molecule has 7 rings (SSSR count). The molecule has 0 radical (unpaired) electrons. The van der Waals surface area contributed by atoms with Gasteiger partial charge in [0.1, 0.15) is 0 Å². The van der Waals surface area contributed by atoms with Crippen molar-refractivity contribution < 1.29 is 14.3 Å². The van der Waals surface area contributed by atoms with Gasteiger partial charge in [0.15, 0.2) is 0 Å². The Morgan fingerprint density at radius 3 is 3.10 bits per heavy atom. The first-order valence-electron chi connectivity index (χ1n) is 10.9. The molecule has 3 saturated heterocycles. The minimum atomic E-state index is -0.0848. The molecule has 6 nitrogen and oxygen atoms in total. The van der Waals surface area contributed by atoms with Gasteiger partial charge in [-0.15, -0.1) is 0 Å².